The summed E-state index contributed by atoms with van der Waals surface area (Å²) in [4.78, 5) is 24.6. The van der Waals surface area contributed by atoms with Gasteiger partial charge < -0.3 is 15.2 Å². The van der Waals surface area contributed by atoms with Gasteiger partial charge in [-0.2, -0.15) is 0 Å². The molecule has 0 saturated heterocycles. The molecule has 1 aliphatic heterocycles. The number of azide groups is 1. The Balaban J connectivity index is 2.45. The van der Waals surface area contributed by atoms with Gasteiger partial charge in [0.25, 0.3) is 0 Å². The number of ether oxygens (including phenoxy) is 1. The monoisotopic (exact) mass is 408 g/mol. The molecule has 0 bridgehead atoms. The van der Waals surface area contributed by atoms with Crippen molar-refractivity contribution in [2.24, 2.45) is 5.11 Å². The number of carboxylic acids is 1. The molecule has 150 valence electrons. The number of allylic oxidation sites excluding steroid dienone is 1. The van der Waals surface area contributed by atoms with Crippen molar-refractivity contribution in [1.29, 1.82) is 0 Å². The molecular formula is C18H21ClN4O5. The molecule has 9 nitrogen and oxygen atoms in total. The van der Waals surface area contributed by atoms with Crippen molar-refractivity contribution in [3.8, 4) is 0 Å². The van der Waals surface area contributed by atoms with E-state index in [4.69, 9.17) is 31.6 Å². The minimum Gasteiger partial charge on any atom is -0.478 e. The Morgan fingerprint density at radius 3 is 2.79 bits per heavy atom. The van der Waals surface area contributed by atoms with Crippen LogP contribution >= 0.6 is 11.6 Å². The summed E-state index contributed by atoms with van der Waals surface area (Å²) in [6.45, 7) is 2.21. The summed E-state index contributed by atoms with van der Waals surface area (Å²) in [5, 5.41) is 16.9. The van der Waals surface area contributed by atoms with Gasteiger partial charge in [0.1, 0.15) is 6.61 Å². The van der Waals surface area contributed by atoms with Crippen LogP contribution < -0.4 is 5.32 Å². The zero-order chi connectivity index (χ0) is 20.5. The smallest absolute Gasteiger partial charge is 0.334 e. The number of rotatable bonds is 10. The van der Waals surface area contributed by atoms with E-state index in [1.807, 2.05) is 6.92 Å². The Bertz CT molecular complexity index is 833. The Morgan fingerprint density at radius 2 is 2.14 bits per heavy atom. The third-order valence-corrected chi connectivity index (χ3v) is 4.55. The predicted octanol–water partition coefficient (Wildman–Crippen LogP) is 3.54. The summed E-state index contributed by atoms with van der Waals surface area (Å²) in [6.07, 6.45) is 0. The summed E-state index contributed by atoms with van der Waals surface area (Å²) in [5.41, 5.74) is 10.9. The van der Waals surface area contributed by atoms with Crippen LogP contribution in [0.25, 0.3) is 10.4 Å². The number of dihydropyridines is 1. The van der Waals surface area contributed by atoms with Gasteiger partial charge in [0.2, 0.25) is 0 Å². The molecular weight excluding hydrogens is 388 g/mol. The minimum absolute atomic E-state index is 0.0132. The van der Waals surface area contributed by atoms with Crippen LogP contribution in [0.15, 0.2) is 51.9 Å². The molecule has 0 saturated carbocycles. The molecule has 1 aromatic rings. The molecule has 0 unspecified atom stereocenters. The highest BCUT2D eigenvalue weighted by Gasteiger charge is 2.35. The normalized spacial score (nSPS) is 16.6. The van der Waals surface area contributed by atoms with E-state index in [0.29, 0.717) is 21.9 Å². The van der Waals surface area contributed by atoms with Crippen LogP contribution in [0.4, 0.5) is 0 Å². The first-order valence-corrected chi connectivity index (χ1v) is 8.80. The number of carbonyl (C=O) groups is 1. The fourth-order valence-corrected chi connectivity index (χ4v) is 3.24. The second kappa shape index (κ2) is 10.7. The van der Waals surface area contributed by atoms with E-state index < -0.39 is 11.9 Å². The van der Waals surface area contributed by atoms with E-state index in [-0.39, 0.29) is 31.9 Å². The van der Waals surface area contributed by atoms with Gasteiger partial charge in [-0.1, -0.05) is 34.9 Å². The first kappa shape index (κ1) is 21.7. The molecule has 0 aromatic heterocycles. The van der Waals surface area contributed by atoms with E-state index >= 15 is 0 Å². The van der Waals surface area contributed by atoms with Gasteiger partial charge in [-0.05, 0) is 29.7 Å². The molecule has 0 radical (unpaired) electrons. The number of hydrogen-bond acceptors (Lipinski definition) is 6. The molecule has 0 spiro atoms. The molecule has 0 fully saturated rings. The standard InChI is InChI=1S/C18H21ClN4O5/c1-11-13(9-28-26-2)16(12-5-3-4-6-14(12)19)17(18(24)25)15(22-11)10-27-8-7-21-23-20/h3-6,16,22H,7-10H2,1-2H3,(H,24,25)/t16-/m1/s1. The van der Waals surface area contributed by atoms with Crippen molar-refractivity contribution < 1.29 is 24.4 Å². The zero-order valence-electron chi connectivity index (χ0n) is 15.5. The highest BCUT2D eigenvalue weighted by molar-refractivity contribution is 6.31. The first-order chi connectivity index (χ1) is 13.5. The number of benzene rings is 1. The molecule has 1 aliphatic rings. The van der Waals surface area contributed by atoms with E-state index in [1.165, 1.54) is 7.11 Å². The average molecular weight is 409 g/mol. The average Bonchev–Trinajstić information content (AvgIpc) is 2.66. The first-order valence-electron chi connectivity index (χ1n) is 8.42. The molecule has 28 heavy (non-hydrogen) atoms. The van der Waals surface area contributed by atoms with Gasteiger partial charge in [0.15, 0.2) is 0 Å². The largest absolute Gasteiger partial charge is 0.478 e. The van der Waals surface area contributed by atoms with Gasteiger partial charge in [0.05, 0.1) is 31.6 Å². The summed E-state index contributed by atoms with van der Waals surface area (Å²) < 4.78 is 5.47. The maximum Gasteiger partial charge on any atom is 0.334 e. The Hall–Kier alpha value is -2.55. The lowest BCUT2D eigenvalue weighted by Gasteiger charge is -2.32. The fourth-order valence-electron chi connectivity index (χ4n) is 3.00. The van der Waals surface area contributed by atoms with Gasteiger partial charge in [-0.15, -0.1) is 0 Å². The van der Waals surface area contributed by atoms with Crippen LogP contribution in [0.1, 0.15) is 18.4 Å². The lowest BCUT2D eigenvalue weighted by Crippen LogP contribution is -2.32. The molecule has 2 N–H and O–H groups in total. The van der Waals surface area contributed by atoms with Crippen molar-refractivity contribution in [2.75, 3.05) is 33.5 Å². The second-order valence-electron chi connectivity index (χ2n) is 5.86. The lowest BCUT2D eigenvalue weighted by molar-refractivity contribution is -0.265. The third kappa shape index (κ3) is 5.25. The Kier molecular flexibility index (Phi) is 8.31. The van der Waals surface area contributed by atoms with Crippen molar-refractivity contribution in [2.45, 2.75) is 12.8 Å². The van der Waals surface area contributed by atoms with Crippen LogP contribution in [-0.2, 0) is 19.3 Å². The molecule has 1 atom stereocenters. The third-order valence-electron chi connectivity index (χ3n) is 4.21. The SMILES string of the molecule is COOCC1=C(C)NC(COCCN=[N+]=[N-])=C(C(=O)O)[C@@H]1c1ccccc1Cl. The van der Waals surface area contributed by atoms with Crippen LogP contribution in [0.3, 0.4) is 0 Å². The second-order valence-corrected chi connectivity index (χ2v) is 6.27. The predicted molar refractivity (Wildman–Crippen MR) is 102 cm³/mol. The van der Waals surface area contributed by atoms with Gasteiger partial charge >= 0.3 is 5.97 Å². The number of nitrogens with zero attached hydrogens (tertiary/aromatic N) is 3. The zero-order valence-corrected chi connectivity index (χ0v) is 16.3. The Morgan fingerprint density at radius 1 is 1.39 bits per heavy atom. The highest BCUT2D eigenvalue weighted by Crippen LogP contribution is 2.41. The molecule has 1 aromatic carbocycles. The van der Waals surface area contributed by atoms with Crippen molar-refractivity contribution >= 4 is 17.6 Å². The van der Waals surface area contributed by atoms with Gasteiger partial charge in [-0.25, -0.2) is 14.6 Å². The molecule has 10 heteroatoms. The van der Waals surface area contributed by atoms with E-state index in [9.17, 15) is 9.90 Å². The van der Waals surface area contributed by atoms with Crippen molar-refractivity contribution in [1.82, 2.24) is 5.32 Å². The topological polar surface area (TPSA) is 126 Å². The molecule has 0 amide bonds. The van der Waals surface area contributed by atoms with Crippen LogP contribution in [0, 0.1) is 0 Å². The van der Waals surface area contributed by atoms with E-state index in [1.54, 1.807) is 24.3 Å². The lowest BCUT2D eigenvalue weighted by atomic mass is 9.80. The molecule has 2 rings (SSSR count). The molecule has 0 aliphatic carbocycles. The summed E-state index contributed by atoms with van der Waals surface area (Å²) in [5.74, 6) is -1.74. The number of carboxylic acid groups (broad SMARTS) is 1. The number of halogens is 1. The van der Waals surface area contributed by atoms with Gasteiger partial charge in [0, 0.05) is 28.1 Å². The Labute approximate surface area is 167 Å². The summed E-state index contributed by atoms with van der Waals surface area (Å²) in [7, 11) is 1.38. The minimum atomic E-state index is -1.10. The van der Waals surface area contributed by atoms with E-state index in [0.717, 1.165) is 5.70 Å². The number of nitrogens with one attached hydrogen (secondary N) is 1. The number of aliphatic carboxylic acids is 1. The van der Waals surface area contributed by atoms with E-state index in [2.05, 4.69) is 15.3 Å². The van der Waals surface area contributed by atoms with Crippen molar-refractivity contribution in [3.05, 3.63) is 67.8 Å². The maximum absolute atomic E-state index is 12.2. The highest BCUT2D eigenvalue weighted by atomic mass is 35.5. The number of hydrogen-bond donors (Lipinski definition) is 2. The maximum atomic E-state index is 12.2. The molecule has 1 heterocycles. The van der Waals surface area contributed by atoms with Gasteiger partial charge in [-0.3, -0.25) is 0 Å². The van der Waals surface area contributed by atoms with Crippen LogP contribution in [-0.4, -0.2) is 44.6 Å². The van der Waals surface area contributed by atoms with Crippen LogP contribution in [0.2, 0.25) is 5.02 Å². The fraction of sp³-hybridized carbons (Fsp3) is 0.389. The van der Waals surface area contributed by atoms with Crippen LogP contribution in [0.5, 0.6) is 0 Å². The quantitative estimate of drug-likeness (QED) is 0.152. The van der Waals surface area contributed by atoms with Crippen molar-refractivity contribution in [3.63, 3.8) is 0 Å². The summed E-state index contributed by atoms with van der Waals surface area (Å²) in [6, 6.07) is 7.06. The summed E-state index contributed by atoms with van der Waals surface area (Å²) >= 11 is 6.38.